The molecular weight excluding hydrogens is 167 g/mol. The fourth-order valence-electron chi connectivity index (χ4n) is 1.36. The lowest BCUT2D eigenvalue weighted by Gasteiger charge is -2.23. The second kappa shape index (κ2) is 3.37. The van der Waals surface area contributed by atoms with Crippen molar-refractivity contribution in [2.75, 3.05) is 7.05 Å². The Bertz CT molecular complexity index is 183. The average Bonchev–Trinajstić information content (AvgIpc) is 2.03. The van der Waals surface area contributed by atoms with Crippen LogP contribution in [0.25, 0.3) is 0 Å². The van der Waals surface area contributed by atoms with Crippen LogP contribution in [0.15, 0.2) is 11.8 Å². The third-order valence-electron chi connectivity index (χ3n) is 2.19. The standard InChI is InChI=1S/C8H12F3N/c1-12-7-4-2-6(3-5-7)8(9,10)11/h4,6,12H,2-3,5H2,1H3. The highest BCUT2D eigenvalue weighted by Crippen LogP contribution is 2.36. The molecule has 0 spiro atoms. The monoisotopic (exact) mass is 179 g/mol. The number of halogens is 3. The Kier molecular flexibility index (Phi) is 2.65. The SMILES string of the molecule is CNC1=CCC(C(F)(F)F)CC1. The van der Waals surface area contributed by atoms with Gasteiger partial charge in [0, 0.05) is 12.7 Å². The van der Waals surface area contributed by atoms with Crippen LogP contribution in [0.2, 0.25) is 0 Å². The van der Waals surface area contributed by atoms with E-state index < -0.39 is 12.1 Å². The van der Waals surface area contributed by atoms with Crippen LogP contribution < -0.4 is 5.32 Å². The van der Waals surface area contributed by atoms with Crippen molar-refractivity contribution in [3.05, 3.63) is 11.8 Å². The molecule has 0 bridgehead atoms. The van der Waals surface area contributed by atoms with Crippen molar-refractivity contribution < 1.29 is 13.2 Å². The lowest BCUT2D eigenvalue weighted by Crippen LogP contribution is -2.26. The Labute approximate surface area is 69.6 Å². The molecule has 0 saturated carbocycles. The zero-order chi connectivity index (χ0) is 9.19. The van der Waals surface area contributed by atoms with Crippen LogP contribution in [0.4, 0.5) is 13.2 Å². The minimum absolute atomic E-state index is 0.125. The highest BCUT2D eigenvalue weighted by molar-refractivity contribution is 5.04. The Morgan fingerprint density at radius 1 is 1.50 bits per heavy atom. The summed E-state index contributed by atoms with van der Waals surface area (Å²) in [5.74, 6) is -1.13. The normalized spacial score (nSPS) is 25.0. The lowest BCUT2D eigenvalue weighted by atomic mass is 9.92. The molecule has 0 fully saturated rings. The van der Waals surface area contributed by atoms with Gasteiger partial charge < -0.3 is 5.32 Å². The second-order valence-corrected chi connectivity index (χ2v) is 2.99. The summed E-state index contributed by atoms with van der Waals surface area (Å²) in [5, 5.41) is 2.87. The van der Waals surface area contributed by atoms with E-state index in [1.165, 1.54) is 0 Å². The van der Waals surface area contributed by atoms with Gasteiger partial charge in [0.15, 0.2) is 0 Å². The summed E-state index contributed by atoms with van der Waals surface area (Å²) in [6.45, 7) is 0. The number of hydrogen-bond donors (Lipinski definition) is 1. The van der Waals surface area contributed by atoms with Crippen molar-refractivity contribution in [3.8, 4) is 0 Å². The maximum Gasteiger partial charge on any atom is 0.392 e. The highest BCUT2D eigenvalue weighted by atomic mass is 19.4. The van der Waals surface area contributed by atoms with Crippen molar-refractivity contribution in [2.45, 2.75) is 25.4 Å². The van der Waals surface area contributed by atoms with E-state index in [0.29, 0.717) is 6.42 Å². The lowest BCUT2D eigenvalue weighted by molar-refractivity contribution is -0.176. The first-order valence-corrected chi connectivity index (χ1v) is 3.97. The molecule has 1 nitrogen and oxygen atoms in total. The van der Waals surface area contributed by atoms with Gasteiger partial charge in [-0.25, -0.2) is 0 Å². The quantitative estimate of drug-likeness (QED) is 0.652. The van der Waals surface area contributed by atoms with Gasteiger partial charge in [-0.15, -0.1) is 0 Å². The molecule has 0 heterocycles. The first kappa shape index (κ1) is 9.42. The molecule has 0 aromatic carbocycles. The van der Waals surface area contributed by atoms with Crippen LogP contribution in [0.3, 0.4) is 0 Å². The fourth-order valence-corrected chi connectivity index (χ4v) is 1.36. The van der Waals surface area contributed by atoms with Gasteiger partial charge in [-0.2, -0.15) is 13.2 Å². The van der Waals surface area contributed by atoms with Crippen molar-refractivity contribution in [3.63, 3.8) is 0 Å². The molecule has 1 unspecified atom stereocenters. The zero-order valence-corrected chi connectivity index (χ0v) is 6.91. The summed E-state index contributed by atoms with van der Waals surface area (Å²) in [7, 11) is 1.74. The Morgan fingerprint density at radius 3 is 2.50 bits per heavy atom. The summed E-state index contributed by atoms with van der Waals surface area (Å²) < 4.78 is 36.4. The third-order valence-corrected chi connectivity index (χ3v) is 2.19. The van der Waals surface area contributed by atoms with Crippen molar-refractivity contribution >= 4 is 0 Å². The molecule has 0 amide bonds. The van der Waals surface area contributed by atoms with Crippen LogP contribution in [0.1, 0.15) is 19.3 Å². The number of nitrogens with one attached hydrogen (secondary N) is 1. The molecule has 0 aromatic rings. The topological polar surface area (TPSA) is 12.0 Å². The summed E-state index contributed by atoms with van der Waals surface area (Å²) in [5.41, 5.74) is 0.926. The largest absolute Gasteiger partial charge is 0.392 e. The molecule has 1 aliphatic carbocycles. The molecule has 0 aliphatic heterocycles. The Hall–Kier alpha value is -0.670. The van der Waals surface area contributed by atoms with E-state index in [4.69, 9.17) is 0 Å². The van der Waals surface area contributed by atoms with Crippen LogP contribution in [-0.4, -0.2) is 13.2 Å². The molecule has 0 aromatic heterocycles. The van der Waals surface area contributed by atoms with Crippen LogP contribution >= 0.6 is 0 Å². The minimum atomic E-state index is -4.02. The predicted octanol–water partition coefficient (Wildman–Crippen LogP) is 2.45. The van der Waals surface area contributed by atoms with E-state index in [-0.39, 0.29) is 12.8 Å². The Morgan fingerprint density at radius 2 is 2.17 bits per heavy atom. The molecule has 1 rings (SSSR count). The highest BCUT2D eigenvalue weighted by Gasteiger charge is 2.39. The second-order valence-electron chi connectivity index (χ2n) is 2.99. The zero-order valence-electron chi connectivity index (χ0n) is 6.91. The third kappa shape index (κ3) is 2.16. The maximum atomic E-state index is 12.1. The summed E-state index contributed by atoms with van der Waals surface area (Å²) in [4.78, 5) is 0. The fraction of sp³-hybridized carbons (Fsp3) is 0.750. The van der Waals surface area contributed by atoms with E-state index >= 15 is 0 Å². The Balaban J connectivity index is 2.52. The molecular formula is C8H12F3N. The minimum Gasteiger partial charge on any atom is -0.392 e. The van der Waals surface area contributed by atoms with Crippen LogP contribution in [-0.2, 0) is 0 Å². The molecule has 1 aliphatic rings. The van der Waals surface area contributed by atoms with E-state index in [1.807, 2.05) is 0 Å². The molecule has 1 N–H and O–H groups in total. The predicted molar refractivity (Wildman–Crippen MR) is 40.5 cm³/mol. The number of rotatable bonds is 1. The van der Waals surface area contributed by atoms with Crippen molar-refractivity contribution in [2.24, 2.45) is 5.92 Å². The number of allylic oxidation sites excluding steroid dienone is 2. The number of alkyl halides is 3. The first-order valence-electron chi connectivity index (χ1n) is 3.97. The van der Waals surface area contributed by atoms with E-state index in [1.54, 1.807) is 13.1 Å². The van der Waals surface area contributed by atoms with Gasteiger partial charge in [0.05, 0.1) is 5.92 Å². The first-order chi connectivity index (χ1) is 5.54. The van der Waals surface area contributed by atoms with Crippen molar-refractivity contribution in [1.82, 2.24) is 5.32 Å². The maximum absolute atomic E-state index is 12.1. The average molecular weight is 179 g/mol. The van der Waals surface area contributed by atoms with Gasteiger partial charge in [-0.1, -0.05) is 6.08 Å². The van der Waals surface area contributed by atoms with Gasteiger partial charge in [-0.05, 0) is 19.3 Å². The molecule has 0 radical (unpaired) electrons. The molecule has 12 heavy (non-hydrogen) atoms. The summed E-state index contributed by atoms with van der Waals surface area (Å²) in [6.07, 6.45) is -1.52. The van der Waals surface area contributed by atoms with Crippen LogP contribution in [0.5, 0.6) is 0 Å². The van der Waals surface area contributed by atoms with Gasteiger partial charge in [-0.3, -0.25) is 0 Å². The number of hydrogen-bond acceptors (Lipinski definition) is 1. The molecule has 1 atom stereocenters. The van der Waals surface area contributed by atoms with Gasteiger partial charge in [0.1, 0.15) is 0 Å². The summed E-state index contributed by atoms with van der Waals surface area (Å²) in [6, 6.07) is 0. The van der Waals surface area contributed by atoms with E-state index in [9.17, 15) is 13.2 Å². The van der Waals surface area contributed by atoms with Gasteiger partial charge in [0.2, 0.25) is 0 Å². The molecule has 70 valence electrons. The van der Waals surface area contributed by atoms with Gasteiger partial charge in [0.25, 0.3) is 0 Å². The van der Waals surface area contributed by atoms with Crippen LogP contribution in [0, 0.1) is 5.92 Å². The van der Waals surface area contributed by atoms with Gasteiger partial charge >= 0.3 is 6.18 Å². The van der Waals surface area contributed by atoms with E-state index in [2.05, 4.69) is 5.32 Å². The summed E-state index contributed by atoms with van der Waals surface area (Å²) >= 11 is 0. The molecule has 0 saturated heterocycles. The van der Waals surface area contributed by atoms with E-state index in [0.717, 1.165) is 5.70 Å². The molecule has 4 heteroatoms. The van der Waals surface area contributed by atoms with Crippen molar-refractivity contribution in [1.29, 1.82) is 0 Å². The smallest absolute Gasteiger partial charge is 0.392 e.